The van der Waals surface area contributed by atoms with Crippen molar-refractivity contribution in [2.75, 3.05) is 47.4 Å². The van der Waals surface area contributed by atoms with Crippen molar-refractivity contribution in [1.29, 1.82) is 0 Å². The summed E-state index contributed by atoms with van der Waals surface area (Å²) in [5, 5.41) is 0. The molecular formula is C10H24N2O. The zero-order chi connectivity index (χ0) is 10.3. The third kappa shape index (κ3) is 9.80. The van der Waals surface area contributed by atoms with Crippen LogP contribution in [0.3, 0.4) is 0 Å². The van der Waals surface area contributed by atoms with Gasteiger partial charge in [0.15, 0.2) is 0 Å². The molecule has 0 amide bonds. The molecule has 3 heteroatoms. The maximum atomic E-state index is 5.46. The number of ether oxygens (including phenoxy) is 1. The molecule has 80 valence electrons. The van der Waals surface area contributed by atoms with Crippen LogP contribution in [0.5, 0.6) is 0 Å². The summed E-state index contributed by atoms with van der Waals surface area (Å²) in [6.45, 7) is 8.21. The number of rotatable bonds is 7. The number of hydrogen-bond acceptors (Lipinski definition) is 3. The molecule has 0 saturated heterocycles. The first-order valence-corrected chi connectivity index (χ1v) is 4.97. The lowest BCUT2D eigenvalue weighted by molar-refractivity contribution is 0.0629. The molecule has 0 heterocycles. The van der Waals surface area contributed by atoms with Crippen LogP contribution in [0, 0.1) is 0 Å². The van der Waals surface area contributed by atoms with Gasteiger partial charge in [0.25, 0.3) is 0 Å². The molecule has 0 aliphatic heterocycles. The van der Waals surface area contributed by atoms with E-state index in [2.05, 4.69) is 44.8 Å². The average Bonchev–Trinajstić information content (AvgIpc) is 2.00. The van der Waals surface area contributed by atoms with Crippen LogP contribution in [0.25, 0.3) is 0 Å². The van der Waals surface area contributed by atoms with Crippen molar-refractivity contribution in [3.05, 3.63) is 0 Å². The molecule has 0 fully saturated rings. The van der Waals surface area contributed by atoms with Gasteiger partial charge < -0.3 is 14.5 Å². The molecule has 0 bridgehead atoms. The van der Waals surface area contributed by atoms with E-state index >= 15 is 0 Å². The van der Waals surface area contributed by atoms with Gasteiger partial charge in [-0.2, -0.15) is 0 Å². The van der Waals surface area contributed by atoms with Crippen LogP contribution < -0.4 is 0 Å². The fourth-order valence-corrected chi connectivity index (χ4v) is 0.927. The van der Waals surface area contributed by atoms with Gasteiger partial charge in [-0.1, -0.05) is 0 Å². The van der Waals surface area contributed by atoms with Crippen LogP contribution in [0.15, 0.2) is 0 Å². The van der Waals surface area contributed by atoms with Gasteiger partial charge in [-0.25, -0.2) is 0 Å². The van der Waals surface area contributed by atoms with Crippen LogP contribution in [0.1, 0.15) is 13.8 Å². The zero-order valence-corrected chi connectivity index (χ0v) is 9.71. The highest BCUT2D eigenvalue weighted by molar-refractivity contribution is 4.53. The lowest BCUT2D eigenvalue weighted by Gasteiger charge is -2.19. The van der Waals surface area contributed by atoms with E-state index in [0.717, 1.165) is 26.2 Å². The van der Waals surface area contributed by atoms with E-state index in [-0.39, 0.29) is 0 Å². The monoisotopic (exact) mass is 188 g/mol. The molecule has 0 aliphatic rings. The second-order valence-corrected chi connectivity index (χ2v) is 4.03. The number of hydrogen-bond donors (Lipinski definition) is 0. The van der Waals surface area contributed by atoms with E-state index in [0.29, 0.717) is 6.10 Å². The molecule has 0 spiro atoms. The van der Waals surface area contributed by atoms with Crippen LogP contribution in [-0.2, 0) is 4.74 Å². The van der Waals surface area contributed by atoms with Crippen molar-refractivity contribution in [3.8, 4) is 0 Å². The third-order valence-electron chi connectivity index (χ3n) is 1.85. The highest BCUT2D eigenvalue weighted by atomic mass is 16.5. The maximum absolute atomic E-state index is 5.46. The summed E-state index contributed by atoms with van der Waals surface area (Å²) in [5.74, 6) is 0. The Hall–Kier alpha value is -0.120. The minimum Gasteiger partial charge on any atom is -0.377 e. The van der Waals surface area contributed by atoms with Crippen molar-refractivity contribution >= 4 is 0 Å². The summed E-state index contributed by atoms with van der Waals surface area (Å²) < 4.78 is 5.46. The van der Waals surface area contributed by atoms with Crippen molar-refractivity contribution < 1.29 is 4.74 Å². The van der Waals surface area contributed by atoms with Gasteiger partial charge in [-0.05, 0) is 35.0 Å². The molecule has 3 nitrogen and oxygen atoms in total. The standard InChI is InChI=1S/C10H24N2O/c1-10(2)13-9-8-12(5)7-6-11(3)4/h10H,6-9H2,1-5H3. The Morgan fingerprint density at radius 2 is 1.62 bits per heavy atom. The second kappa shape index (κ2) is 7.30. The smallest absolute Gasteiger partial charge is 0.0596 e. The fourth-order valence-electron chi connectivity index (χ4n) is 0.927. The lowest BCUT2D eigenvalue weighted by atomic mass is 10.4. The lowest BCUT2D eigenvalue weighted by Crippen LogP contribution is -2.31. The van der Waals surface area contributed by atoms with E-state index in [4.69, 9.17) is 4.74 Å². The first-order valence-electron chi connectivity index (χ1n) is 4.97. The van der Waals surface area contributed by atoms with E-state index in [1.165, 1.54) is 0 Å². The van der Waals surface area contributed by atoms with Gasteiger partial charge in [0.1, 0.15) is 0 Å². The second-order valence-electron chi connectivity index (χ2n) is 4.03. The zero-order valence-electron chi connectivity index (χ0n) is 9.71. The van der Waals surface area contributed by atoms with Gasteiger partial charge in [-0.15, -0.1) is 0 Å². The predicted molar refractivity (Wildman–Crippen MR) is 57.1 cm³/mol. The maximum Gasteiger partial charge on any atom is 0.0596 e. The Morgan fingerprint density at radius 1 is 1.00 bits per heavy atom. The summed E-state index contributed by atoms with van der Waals surface area (Å²) in [5.41, 5.74) is 0. The van der Waals surface area contributed by atoms with Crippen molar-refractivity contribution in [2.24, 2.45) is 0 Å². The predicted octanol–water partition coefficient (Wildman–Crippen LogP) is 0.905. The van der Waals surface area contributed by atoms with Gasteiger partial charge >= 0.3 is 0 Å². The summed E-state index contributed by atoms with van der Waals surface area (Å²) in [7, 11) is 6.32. The largest absolute Gasteiger partial charge is 0.377 e. The molecule has 0 saturated carbocycles. The summed E-state index contributed by atoms with van der Waals surface area (Å²) >= 11 is 0. The normalized spacial score (nSPS) is 12.0. The molecule has 0 radical (unpaired) electrons. The fraction of sp³-hybridized carbons (Fsp3) is 1.00. The minimum atomic E-state index is 0.349. The number of likely N-dealkylation sites (N-methyl/N-ethyl adjacent to an activating group) is 2. The summed E-state index contributed by atoms with van der Waals surface area (Å²) in [6, 6.07) is 0. The first kappa shape index (κ1) is 12.9. The quantitative estimate of drug-likeness (QED) is 0.590. The first-order chi connectivity index (χ1) is 6.02. The van der Waals surface area contributed by atoms with E-state index < -0.39 is 0 Å². The minimum absolute atomic E-state index is 0.349. The SMILES string of the molecule is CC(C)OCCN(C)CCN(C)C. The average molecular weight is 188 g/mol. The molecule has 0 N–H and O–H groups in total. The summed E-state index contributed by atoms with van der Waals surface area (Å²) in [4.78, 5) is 4.49. The Labute approximate surface area is 82.7 Å². The van der Waals surface area contributed by atoms with E-state index in [1.807, 2.05) is 0 Å². The van der Waals surface area contributed by atoms with Gasteiger partial charge in [0.2, 0.25) is 0 Å². The highest BCUT2D eigenvalue weighted by Crippen LogP contribution is 1.89. The van der Waals surface area contributed by atoms with Crippen molar-refractivity contribution in [1.82, 2.24) is 9.80 Å². The third-order valence-corrected chi connectivity index (χ3v) is 1.85. The molecule has 0 aromatic rings. The highest BCUT2D eigenvalue weighted by Gasteiger charge is 1.99. The van der Waals surface area contributed by atoms with E-state index in [1.54, 1.807) is 0 Å². The molecular weight excluding hydrogens is 164 g/mol. The molecule has 0 aromatic carbocycles. The van der Waals surface area contributed by atoms with Gasteiger partial charge in [-0.3, -0.25) is 0 Å². The topological polar surface area (TPSA) is 15.7 Å². The molecule has 13 heavy (non-hydrogen) atoms. The molecule has 0 rings (SSSR count). The molecule has 0 aliphatic carbocycles. The Morgan fingerprint density at radius 3 is 2.08 bits per heavy atom. The Balaban J connectivity index is 3.25. The van der Waals surface area contributed by atoms with E-state index in [9.17, 15) is 0 Å². The van der Waals surface area contributed by atoms with Crippen LogP contribution in [0.4, 0.5) is 0 Å². The number of nitrogens with zero attached hydrogens (tertiary/aromatic N) is 2. The Bertz CT molecular complexity index is 115. The molecule has 0 aromatic heterocycles. The molecule has 0 atom stereocenters. The van der Waals surface area contributed by atoms with Crippen LogP contribution in [-0.4, -0.2) is 63.3 Å². The Kier molecular flexibility index (Phi) is 7.23. The summed E-state index contributed by atoms with van der Waals surface area (Å²) in [6.07, 6.45) is 0.349. The van der Waals surface area contributed by atoms with Crippen molar-refractivity contribution in [3.63, 3.8) is 0 Å². The van der Waals surface area contributed by atoms with Crippen LogP contribution in [0.2, 0.25) is 0 Å². The van der Waals surface area contributed by atoms with Gasteiger partial charge in [0, 0.05) is 19.6 Å². The van der Waals surface area contributed by atoms with Gasteiger partial charge in [0.05, 0.1) is 12.7 Å². The molecule has 0 unspecified atom stereocenters. The van der Waals surface area contributed by atoms with Crippen LogP contribution >= 0.6 is 0 Å². The van der Waals surface area contributed by atoms with Crippen molar-refractivity contribution in [2.45, 2.75) is 20.0 Å².